The molecule has 1 aliphatic heterocycles. The van der Waals surface area contributed by atoms with Crippen LogP contribution in [0.1, 0.15) is 51.2 Å². The lowest BCUT2D eigenvalue weighted by Crippen LogP contribution is -2.46. The van der Waals surface area contributed by atoms with E-state index in [1.54, 1.807) is 0 Å². The van der Waals surface area contributed by atoms with Crippen LogP contribution in [-0.4, -0.2) is 9.91 Å². The lowest BCUT2D eigenvalue weighted by molar-refractivity contribution is 0.137. The number of rotatable bonds is 1. The molecular formula is C17H24N2S. The molecule has 3 rings (SSSR count). The Hall–Kier alpha value is -0.960. The Morgan fingerprint density at radius 1 is 1.20 bits per heavy atom. The van der Waals surface area contributed by atoms with Crippen LogP contribution in [0.4, 0.5) is 0 Å². The van der Waals surface area contributed by atoms with Crippen LogP contribution in [0.5, 0.6) is 0 Å². The van der Waals surface area contributed by atoms with Crippen molar-refractivity contribution in [2.45, 2.75) is 51.8 Å². The average molecular weight is 288 g/mol. The van der Waals surface area contributed by atoms with Crippen LogP contribution < -0.4 is 5.43 Å². The molecule has 1 aliphatic carbocycles. The molecule has 2 atom stereocenters. The van der Waals surface area contributed by atoms with Gasteiger partial charge in [0.2, 0.25) is 0 Å². The highest BCUT2D eigenvalue weighted by Crippen LogP contribution is 2.51. The predicted molar refractivity (Wildman–Crippen MR) is 88.0 cm³/mol. The highest BCUT2D eigenvalue weighted by Gasteiger charge is 2.46. The van der Waals surface area contributed by atoms with Crippen molar-refractivity contribution in [3.8, 4) is 0 Å². The number of benzene rings is 1. The number of nitrogens with zero attached hydrogens (tertiary/aromatic N) is 1. The number of aryl methyl sites for hydroxylation is 1. The largest absolute Gasteiger partial charge is 0.292 e. The minimum atomic E-state index is 0.112. The van der Waals surface area contributed by atoms with Crippen molar-refractivity contribution in [2.24, 2.45) is 16.4 Å². The molecule has 108 valence electrons. The van der Waals surface area contributed by atoms with Gasteiger partial charge in [-0.05, 0) is 37.5 Å². The molecular weight excluding hydrogens is 264 g/mol. The zero-order valence-corrected chi connectivity index (χ0v) is 13.7. The number of hydrogen-bond donors (Lipinski definition) is 1. The fourth-order valence-corrected chi connectivity index (χ4v) is 5.50. The van der Waals surface area contributed by atoms with Crippen molar-refractivity contribution in [3.63, 3.8) is 0 Å². The molecule has 0 bridgehead atoms. The second-order valence-electron chi connectivity index (χ2n) is 7.35. The van der Waals surface area contributed by atoms with Crippen LogP contribution in [0.15, 0.2) is 29.4 Å². The van der Waals surface area contributed by atoms with Gasteiger partial charge in [0.25, 0.3) is 0 Å². The van der Waals surface area contributed by atoms with Gasteiger partial charge in [0.1, 0.15) is 9.91 Å². The number of nitrogens with one attached hydrogen (secondary N) is 1. The first kappa shape index (κ1) is 14.0. The molecule has 1 spiro atoms. The van der Waals surface area contributed by atoms with E-state index in [2.05, 4.69) is 62.5 Å². The Labute approximate surface area is 126 Å². The van der Waals surface area contributed by atoms with Crippen LogP contribution in [0.2, 0.25) is 0 Å². The fourth-order valence-electron chi connectivity index (χ4n) is 3.86. The van der Waals surface area contributed by atoms with Crippen LogP contribution in [0.25, 0.3) is 0 Å². The van der Waals surface area contributed by atoms with Gasteiger partial charge in [-0.3, -0.25) is 5.43 Å². The zero-order valence-electron chi connectivity index (χ0n) is 12.9. The summed E-state index contributed by atoms with van der Waals surface area (Å²) in [5.74, 6) is 0.756. The highest BCUT2D eigenvalue weighted by atomic mass is 32.2. The van der Waals surface area contributed by atoms with Crippen LogP contribution in [0, 0.1) is 18.3 Å². The summed E-state index contributed by atoms with van der Waals surface area (Å²) in [5.41, 5.74) is 6.41. The molecule has 2 aliphatic rings. The van der Waals surface area contributed by atoms with Crippen molar-refractivity contribution in [1.29, 1.82) is 0 Å². The summed E-state index contributed by atoms with van der Waals surface area (Å²) < 4.78 is 0. The molecule has 1 saturated carbocycles. The molecule has 1 aromatic rings. The highest BCUT2D eigenvalue weighted by molar-refractivity contribution is 8.15. The summed E-state index contributed by atoms with van der Waals surface area (Å²) in [5, 5.41) is 5.79. The van der Waals surface area contributed by atoms with Gasteiger partial charge in [0.15, 0.2) is 0 Å². The Balaban J connectivity index is 1.79. The minimum absolute atomic E-state index is 0.112. The van der Waals surface area contributed by atoms with E-state index in [1.165, 1.54) is 30.4 Å². The van der Waals surface area contributed by atoms with E-state index in [9.17, 15) is 0 Å². The Kier molecular flexibility index (Phi) is 3.36. The van der Waals surface area contributed by atoms with Crippen molar-refractivity contribution in [3.05, 3.63) is 35.4 Å². The van der Waals surface area contributed by atoms with Gasteiger partial charge in [-0.2, -0.15) is 5.10 Å². The van der Waals surface area contributed by atoms with E-state index in [1.807, 2.05) is 11.8 Å². The first-order valence-corrected chi connectivity index (χ1v) is 8.30. The molecule has 2 nitrogen and oxygen atoms in total. The van der Waals surface area contributed by atoms with Crippen molar-refractivity contribution in [1.82, 2.24) is 5.43 Å². The monoisotopic (exact) mass is 288 g/mol. The summed E-state index contributed by atoms with van der Waals surface area (Å²) in [6, 6.07) is 8.69. The summed E-state index contributed by atoms with van der Waals surface area (Å²) in [7, 11) is 0. The molecule has 1 aromatic carbocycles. The second kappa shape index (κ2) is 4.80. The number of hydrazone groups is 1. The van der Waals surface area contributed by atoms with Gasteiger partial charge >= 0.3 is 0 Å². The molecule has 20 heavy (non-hydrogen) atoms. The molecule has 0 saturated heterocycles. The molecule has 1 fully saturated rings. The van der Waals surface area contributed by atoms with Crippen LogP contribution >= 0.6 is 11.8 Å². The van der Waals surface area contributed by atoms with E-state index < -0.39 is 0 Å². The van der Waals surface area contributed by atoms with E-state index in [-0.39, 0.29) is 4.87 Å². The van der Waals surface area contributed by atoms with Gasteiger partial charge in [0, 0.05) is 5.56 Å². The molecule has 0 amide bonds. The molecule has 3 heteroatoms. The molecule has 0 aromatic heterocycles. The lowest BCUT2D eigenvalue weighted by atomic mass is 9.70. The van der Waals surface area contributed by atoms with Gasteiger partial charge in [-0.25, -0.2) is 0 Å². The predicted octanol–water partition coefficient (Wildman–Crippen LogP) is 4.54. The van der Waals surface area contributed by atoms with Crippen molar-refractivity contribution in [2.75, 3.05) is 0 Å². The lowest BCUT2D eigenvalue weighted by Gasteiger charge is -2.44. The first-order chi connectivity index (χ1) is 9.38. The third-order valence-corrected chi connectivity index (χ3v) is 5.61. The van der Waals surface area contributed by atoms with E-state index in [0.717, 1.165) is 11.0 Å². The SMILES string of the molecule is Cc1ccc(C2=NN[C@]3(C[C@H](C)CC(C)(C)C3)S2)cc1. The average Bonchev–Trinajstić information content (AvgIpc) is 2.70. The van der Waals surface area contributed by atoms with Gasteiger partial charge in [-0.15, -0.1) is 0 Å². The maximum absolute atomic E-state index is 4.64. The van der Waals surface area contributed by atoms with E-state index in [4.69, 9.17) is 0 Å². The summed E-state index contributed by atoms with van der Waals surface area (Å²) in [4.78, 5) is 0.112. The number of hydrogen-bond acceptors (Lipinski definition) is 3. The van der Waals surface area contributed by atoms with Gasteiger partial charge in [-0.1, -0.05) is 62.4 Å². The Morgan fingerprint density at radius 2 is 1.90 bits per heavy atom. The minimum Gasteiger partial charge on any atom is -0.292 e. The quantitative estimate of drug-likeness (QED) is 0.820. The Bertz CT molecular complexity index is 532. The Morgan fingerprint density at radius 3 is 2.55 bits per heavy atom. The fraction of sp³-hybridized carbons (Fsp3) is 0.588. The third-order valence-electron chi connectivity index (χ3n) is 4.30. The van der Waals surface area contributed by atoms with Crippen molar-refractivity contribution >= 4 is 16.8 Å². The molecule has 1 heterocycles. The summed E-state index contributed by atoms with van der Waals surface area (Å²) >= 11 is 1.94. The molecule has 1 N–H and O–H groups in total. The van der Waals surface area contributed by atoms with E-state index >= 15 is 0 Å². The molecule has 0 radical (unpaired) electrons. The third kappa shape index (κ3) is 2.73. The van der Waals surface area contributed by atoms with Gasteiger partial charge < -0.3 is 0 Å². The smallest absolute Gasteiger partial charge is 0.126 e. The standard InChI is InChI=1S/C17H24N2S/c1-12-5-7-14(8-6-12)15-18-19-17(20-15)10-13(2)9-16(3,4)11-17/h5-8,13,19H,9-11H2,1-4H3/t13-,17-/m1/s1. The normalized spacial score (nSPS) is 32.0. The topological polar surface area (TPSA) is 24.4 Å². The summed E-state index contributed by atoms with van der Waals surface area (Å²) in [6.07, 6.45) is 3.71. The zero-order chi connectivity index (χ0) is 14.4. The second-order valence-corrected chi connectivity index (χ2v) is 8.72. The maximum Gasteiger partial charge on any atom is 0.126 e. The first-order valence-electron chi connectivity index (χ1n) is 7.48. The van der Waals surface area contributed by atoms with Crippen LogP contribution in [-0.2, 0) is 0 Å². The van der Waals surface area contributed by atoms with E-state index in [0.29, 0.717) is 5.41 Å². The molecule has 0 unspecified atom stereocenters. The van der Waals surface area contributed by atoms with Crippen LogP contribution in [0.3, 0.4) is 0 Å². The summed E-state index contributed by atoms with van der Waals surface area (Å²) in [6.45, 7) is 9.26. The van der Waals surface area contributed by atoms with Gasteiger partial charge in [0.05, 0.1) is 0 Å². The van der Waals surface area contributed by atoms with Crippen molar-refractivity contribution < 1.29 is 0 Å². The maximum atomic E-state index is 4.64. The number of thioether (sulfide) groups is 1.